The second-order valence-corrected chi connectivity index (χ2v) is 30.9. The van der Waals surface area contributed by atoms with Crippen LogP contribution in [0, 0.1) is 23.7 Å². The van der Waals surface area contributed by atoms with E-state index < -0.39 is 180 Å². The number of carboxylic acids is 2. The Kier molecular flexibility index (Phi) is 38.8. The molecule has 0 bridgehead atoms. The van der Waals surface area contributed by atoms with E-state index in [1.165, 1.54) is 81.1 Å². The van der Waals surface area contributed by atoms with E-state index in [1.807, 2.05) is 53.7 Å². The third-order valence-corrected chi connectivity index (χ3v) is 20.4. The summed E-state index contributed by atoms with van der Waals surface area (Å²) in [6.07, 6.45) is -1.80. The number of aliphatic hydroxyl groups excluding tert-OH is 1. The second-order valence-electron chi connectivity index (χ2n) is 28.4. The smallest absolute Gasteiger partial charge is 0.305 e. The van der Waals surface area contributed by atoms with Gasteiger partial charge in [-0.1, -0.05) is 112 Å². The predicted molar refractivity (Wildman–Crippen MR) is 410 cm³/mol. The number of aliphatic hydroxyl groups is 1. The lowest BCUT2D eigenvalue weighted by Crippen LogP contribution is -2.60. The van der Waals surface area contributed by atoms with Gasteiger partial charge in [-0.2, -0.15) is 0 Å². The Labute approximate surface area is 652 Å². The maximum absolute atomic E-state index is 14.4. The molecule has 3 aromatic carbocycles. The van der Waals surface area contributed by atoms with Crippen molar-refractivity contribution in [2.75, 3.05) is 24.6 Å². The number of hydrogen-bond donors (Lipinski definition) is 17. The van der Waals surface area contributed by atoms with Crippen molar-refractivity contribution < 1.29 is 102 Å². The number of amides is 13. The predicted octanol–water partition coefficient (Wildman–Crippen LogP) is 0.401. The number of phenolic OH excluding ortho intramolecular Hbond substituents is 2. The summed E-state index contributed by atoms with van der Waals surface area (Å²) in [6.45, 7) is 18.0. The minimum atomic E-state index is -1.90. The number of nitrogens with one attached hydrogen (secondary N) is 12. The molecular weight excluding hydrogens is 1480 g/mol. The number of phenols is 2. The van der Waals surface area contributed by atoms with Gasteiger partial charge in [0.2, 0.25) is 76.8 Å². The number of hydrogen-bond acceptors (Lipinski definition) is 21. The van der Waals surface area contributed by atoms with Crippen molar-refractivity contribution >= 4 is 116 Å². The maximum atomic E-state index is 14.4. The van der Waals surface area contributed by atoms with Gasteiger partial charge < -0.3 is 94.2 Å². The molecule has 2 aliphatic rings. The van der Waals surface area contributed by atoms with Crippen molar-refractivity contribution in [3.63, 3.8) is 0 Å². The molecule has 0 aliphatic carbocycles. The average Bonchev–Trinajstić information content (AvgIpc) is 1.71. The zero-order chi connectivity index (χ0) is 82.9. The van der Waals surface area contributed by atoms with E-state index in [0.717, 1.165) is 39.1 Å². The van der Waals surface area contributed by atoms with Crippen molar-refractivity contribution in [1.82, 2.24) is 68.7 Å². The van der Waals surface area contributed by atoms with Gasteiger partial charge in [0.15, 0.2) is 0 Å². The van der Waals surface area contributed by atoms with Crippen LogP contribution in [0.15, 0.2) is 72.8 Å². The van der Waals surface area contributed by atoms with E-state index in [0.29, 0.717) is 30.5 Å². The van der Waals surface area contributed by atoms with Crippen LogP contribution < -0.4 is 63.8 Å². The Hall–Kier alpha value is -10.4. The summed E-state index contributed by atoms with van der Waals surface area (Å²) in [5.41, 5.74) is 2.47. The first-order valence-corrected chi connectivity index (χ1v) is 39.1. The lowest BCUT2D eigenvalue weighted by atomic mass is 10.00. The lowest BCUT2D eigenvalue weighted by Gasteiger charge is -2.31. The summed E-state index contributed by atoms with van der Waals surface area (Å²) in [7, 11) is 2.18. The summed E-state index contributed by atoms with van der Waals surface area (Å²) >= 11 is 0. The maximum Gasteiger partial charge on any atom is 0.305 e. The van der Waals surface area contributed by atoms with Gasteiger partial charge in [0.25, 0.3) is 0 Å². The highest BCUT2D eigenvalue weighted by molar-refractivity contribution is 8.76. The van der Waals surface area contributed by atoms with Crippen LogP contribution in [0.4, 0.5) is 0 Å². The molecule has 3 aromatic rings. The SMILES string of the molecule is CC(=O)C(C)C(=O)N[C@@H](CC(C)C)C(=O)N1CCC[C@H]1C(=O)N[C@H]1CSSC[C@@H](C)NC(=O)C([C@@H](C)O)NC(=O)CNC(=O)[C@H](Cc2ccc(O)cc2)NC(=O)[C@H](Cc2ccc(O)cc2)NC(=O)[C@H](CC(=O)O)NC1=O.CCC(C)C(=O)NCc1ccc(CNC(=O)[C@H](CC(=O)O)NC(=O)[C@H](CC(C)C)NC(C)=O)cc1. The highest BCUT2D eigenvalue weighted by Gasteiger charge is 2.41. The molecule has 610 valence electrons. The third kappa shape index (κ3) is 33.0. The molecule has 13 amide bonds. The minimum absolute atomic E-state index is 0.00973. The molecule has 0 aromatic heterocycles. The van der Waals surface area contributed by atoms with Gasteiger partial charge in [-0.3, -0.25) is 76.7 Å². The fourth-order valence-electron chi connectivity index (χ4n) is 11.3. The van der Waals surface area contributed by atoms with E-state index in [2.05, 4.69) is 63.8 Å². The molecule has 34 nitrogen and oxygen atoms in total. The Morgan fingerprint density at radius 3 is 1.56 bits per heavy atom. The van der Waals surface area contributed by atoms with E-state index in [9.17, 15) is 102 Å². The molecule has 2 heterocycles. The monoisotopic (exact) mass is 1590 g/mol. The number of ketones is 1. The summed E-state index contributed by atoms with van der Waals surface area (Å²) in [6, 6.07) is 5.29. The van der Waals surface area contributed by atoms with Crippen LogP contribution in [-0.4, -0.2) is 216 Å². The Balaban J connectivity index is 0.000000620. The highest BCUT2D eigenvalue weighted by atomic mass is 33.1. The van der Waals surface area contributed by atoms with Crippen molar-refractivity contribution in [1.29, 1.82) is 0 Å². The summed E-state index contributed by atoms with van der Waals surface area (Å²) < 4.78 is 0. The highest BCUT2D eigenvalue weighted by Crippen LogP contribution is 2.26. The van der Waals surface area contributed by atoms with Gasteiger partial charge in [-0.05, 0) is 118 Å². The van der Waals surface area contributed by atoms with Crippen LogP contribution in [0.3, 0.4) is 0 Å². The molecule has 0 radical (unpaired) electrons. The zero-order valence-electron chi connectivity index (χ0n) is 64.2. The van der Waals surface area contributed by atoms with Crippen LogP contribution in [0.25, 0.3) is 0 Å². The molecule has 2 aliphatic heterocycles. The fourth-order valence-corrected chi connectivity index (χ4v) is 13.7. The molecule has 2 saturated heterocycles. The first kappa shape index (κ1) is 93.0. The Bertz CT molecular complexity index is 3740. The number of nitrogens with zero attached hydrogens (tertiary/aromatic N) is 1. The van der Waals surface area contributed by atoms with Crippen molar-refractivity contribution in [3.8, 4) is 11.5 Å². The molecule has 2 fully saturated rings. The molecular formula is C75H107N13O21S2. The molecule has 111 heavy (non-hydrogen) atoms. The van der Waals surface area contributed by atoms with E-state index >= 15 is 0 Å². The second kappa shape index (κ2) is 46.3. The third-order valence-electron chi connectivity index (χ3n) is 17.8. The minimum Gasteiger partial charge on any atom is -0.508 e. The number of Topliss-reactive ketones (excluding diaryl/α,β-unsaturated/α-hetero) is 1. The van der Waals surface area contributed by atoms with Gasteiger partial charge in [0, 0.05) is 62.9 Å². The Morgan fingerprint density at radius 2 is 1.05 bits per heavy atom. The molecule has 36 heteroatoms. The lowest BCUT2D eigenvalue weighted by molar-refractivity contribution is -0.143. The quantitative estimate of drug-likeness (QED) is 0.0330. The molecule has 17 N–H and O–H groups in total. The van der Waals surface area contributed by atoms with Crippen molar-refractivity contribution in [2.24, 2.45) is 23.7 Å². The van der Waals surface area contributed by atoms with E-state index in [1.54, 1.807) is 19.1 Å². The fraction of sp³-hybridized carbons (Fsp3) is 0.547. The number of aliphatic carboxylic acids is 2. The number of aromatic hydroxyl groups is 2. The molecule has 0 spiro atoms. The molecule has 0 saturated carbocycles. The largest absolute Gasteiger partial charge is 0.508 e. The molecule has 5 rings (SSSR count). The van der Waals surface area contributed by atoms with Crippen LogP contribution in [0.5, 0.6) is 11.5 Å². The summed E-state index contributed by atoms with van der Waals surface area (Å²) in [5.74, 6) is -14.1. The van der Waals surface area contributed by atoms with Gasteiger partial charge >= 0.3 is 11.9 Å². The molecule has 13 atom stereocenters. The van der Waals surface area contributed by atoms with Crippen molar-refractivity contribution in [3.05, 3.63) is 95.1 Å². The first-order valence-electron chi connectivity index (χ1n) is 36.6. The standard InChI is InChI=1S/C50H69N9O15S2.C25H38N4O6/c1-25(2)18-37(56-43(67)27(4)28(5)60)50(74)59-17-7-8-39(59)48(72)57-38-24-76-75-23-26(3)52-49(73)42(29(6)61)58-40(64)22-51-44(68)34(19-30-9-13-32(62)14-10-30)53-45(69)35(20-31-11-15-33(63)16-12-31)54-46(70)36(21-41(65)66)55-47(38)71;1-6-16(4)23(33)26-13-18-7-9-19(10-8-18)14-27-24(34)21(12-22(31)32)29-25(35)20(11-15(2)3)28-17(5)30/h9-16,25-27,29,34-39,42,61-63H,7-8,17-24H2,1-6H3,(H,51,68)(H,52,73)(H,53,69)(H,54,70)(H,55,71)(H,56,67)(H,57,72)(H,58,64)(H,65,66);7-10,15-16,20-21H,6,11-14H2,1-5H3,(H,26,33)(H,27,34)(H,28,30)(H,29,35)(H,31,32)/t26-,27?,29-,34+,35+,36+,37+,38+,39+,42?;16?,20-,21-/m10/s1. The van der Waals surface area contributed by atoms with E-state index in [-0.39, 0.29) is 85.4 Å². The summed E-state index contributed by atoms with van der Waals surface area (Å²) in [4.78, 5) is 210. The van der Waals surface area contributed by atoms with Crippen molar-refractivity contribution in [2.45, 2.75) is 214 Å². The van der Waals surface area contributed by atoms with Gasteiger partial charge in [-0.25, -0.2) is 0 Å². The average molecular weight is 1590 g/mol. The number of carbonyl (C=O) groups excluding carboxylic acids is 14. The number of carboxylic acid groups (broad SMARTS) is 2. The Morgan fingerprint density at radius 1 is 0.559 bits per heavy atom. The summed E-state index contributed by atoms with van der Waals surface area (Å²) in [5, 5.41) is 80.4. The first-order chi connectivity index (χ1) is 52.2. The molecule has 3 unspecified atom stereocenters. The van der Waals surface area contributed by atoms with Crippen LogP contribution >= 0.6 is 21.6 Å². The topological polar surface area (TPSA) is 522 Å². The van der Waals surface area contributed by atoms with Crippen LogP contribution in [-0.2, 0) is 103 Å². The van der Waals surface area contributed by atoms with Gasteiger partial charge in [-0.15, -0.1) is 0 Å². The van der Waals surface area contributed by atoms with E-state index in [4.69, 9.17) is 0 Å². The zero-order valence-corrected chi connectivity index (χ0v) is 65.9. The van der Waals surface area contributed by atoms with Crippen LogP contribution in [0.1, 0.15) is 143 Å². The van der Waals surface area contributed by atoms with Gasteiger partial charge in [0.1, 0.15) is 71.7 Å². The number of carbonyl (C=O) groups is 16. The van der Waals surface area contributed by atoms with Gasteiger partial charge in [0.05, 0.1) is 31.4 Å². The number of likely N-dealkylation sites (tertiary alicyclic amines) is 1. The number of benzene rings is 3. The normalized spacial score (nSPS) is 20.6. The van der Waals surface area contributed by atoms with Crippen LogP contribution in [0.2, 0.25) is 0 Å². The number of rotatable bonds is 29.